The predicted molar refractivity (Wildman–Crippen MR) is 72.5 cm³/mol. The normalized spacial score (nSPS) is 20.4. The van der Waals surface area contributed by atoms with Gasteiger partial charge in [0.15, 0.2) is 0 Å². The molecule has 2 aromatic carbocycles. The minimum absolute atomic E-state index is 0.0750. The Morgan fingerprint density at radius 3 is 1.72 bits per heavy atom. The molecule has 0 radical (unpaired) electrons. The maximum Gasteiger partial charge on any atom is 0.134 e. The Hall–Kier alpha value is -1.89. The Balaban J connectivity index is 2.11. The maximum absolute atomic E-state index is 11.8. The molecular formula is C17H16O. The third kappa shape index (κ3) is 1.59. The summed E-state index contributed by atoms with van der Waals surface area (Å²) in [5, 5.41) is 0. The largest absolute Gasteiger partial charge is 0.300 e. The van der Waals surface area contributed by atoms with Crippen molar-refractivity contribution in [1.29, 1.82) is 0 Å². The van der Waals surface area contributed by atoms with Crippen molar-refractivity contribution in [3.63, 3.8) is 0 Å². The van der Waals surface area contributed by atoms with Gasteiger partial charge in [-0.25, -0.2) is 0 Å². The monoisotopic (exact) mass is 236 g/mol. The molecule has 1 atom stereocenters. The SMILES string of the molecule is CC(=O)[C@@H]1CC1(c1ccccc1)c1ccccc1. The van der Waals surface area contributed by atoms with Crippen LogP contribution in [0.3, 0.4) is 0 Å². The van der Waals surface area contributed by atoms with Crippen molar-refractivity contribution in [3.8, 4) is 0 Å². The van der Waals surface area contributed by atoms with Gasteiger partial charge in [0.1, 0.15) is 5.78 Å². The number of carbonyl (C=O) groups excluding carboxylic acids is 1. The summed E-state index contributed by atoms with van der Waals surface area (Å²) in [6.07, 6.45) is 0.941. The van der Waals surface area contributed by atoms with Crippen molar-refractivity contribution < 1.29 is 4.79 Å². The number of benzene rings is 2. The third-order valence-corrected chi connectivity index (χ3v) is 4.03. The molecule has 1 heteroatoms. The van der Waals surface area contributed by atoms with Crippen LogP contribution in [0.25, 0.3) is 0 Å². The van der Waals surface area contributed by atoms with Gasteiger partial charge in [-0.05, 0) is 24.5 Å². The molecule has 0 aromatic heterocycles. The van der Waals surface area contributed by atoms with Gasteiger partial charge in [0.25, 0.3) is 0 Å². The fourth-order valence-electron chi connectivity index (χ4n) is 3.03. The van der Waals surface area contributed by atoms with E-state index >= 15 is 0 Å². The first kappa shape index (κ1) is 11.2. The molecule has 1 fully saturated rings. The second kappa shape index (κ2) is 4.09. The van der Waals surface area contributed by atoms with E-state index in [0.29, 0.717) is 5.78 Å². The zero-order chi connectivity index (χ0) is 12.6. The van der Waals surface area contributed by atoms with Crippen LogP contribution in [0.2, 0.25) is 0 Å². The van der Waals surface area contributed by atoms with E-state index in [1.165, 1.54) is 11.1 Å². The summed E-state index contributed by atoms with van der Waals surface area (Å²) in [7, 11) is 0. The molecule has 0 amide bonds. The molecule has 1 nitrogen and oxygen atoms in total. The van der Waals surface area contributed by atoms with E-state index in [4.69, 9.17) is 0 Å². The summed E-state index contributed by atoms with van der Waals surface area (Å²) >= 11 is 0. The average Bonchev–Trinajstić information content (AvgIpc) is 3.18. The van der Waals surface area contributed by atoms with Crippen molar-refractivity contribution >= 4 is 5.78 Å². The molecule has 90 valence electrons. The van der Waals surface area contributed by atoms with Gasteiger partial charge in [0.2, 0.25) is 0 Å². The molecule has 18 heavy (non-hydrogen) atoms. The van der Waals surface area contributed by atoms with E-state index in [9.17, 15) is 4.79 Å². The molecular weight excluding hydrogens is 220 g/mol. The first-order chi connectivity index (χ1) is 8.75. The molecule has 1 aliphatic carbocycles. The van der Waals surface area contributed by atoms with E-state index in [1.807, 2.05) is 12.1 Å². The third-order valence-electron chi connectivity index (χ3n) is 4.03. The fraction of sp³-hybridized carbons (Fsp3) is 0.235. The lowest BCUT2D eigenvalue weighted by molar-refractivity contribution is -0.118. The quantitative estimate of drug-likeness (QED) is 0.796. The maximum atomic E-state index is 11.8. The molecule has 0 N–H and O–H groups in total. The Kier molecular flexibility index (Phi) is 2.55. The molecule has 0 saturated heterocycles. The van der Waals surface area contributed by atoms with Gasteiger partial charge in [-0.15, -0.1) is 0 Å². The second-order valence-corrected chi connectivity index (χ2v) is 5.07. The van der Waals surface area contributed by atoms with Crippen molar-refractivity contribution in [1.82, 2.24) is 0 Å². The lowest BCUT2D eigenvalue weighted by atomic mass is 9.85. The predicted octanol–water partition coefficient (Wildman–Crippen LogP) is 3.58. The van der Waals surface area contributed by atoms with Crippen LogP contribution < -0.4 is 0 Å². The minimum atomic E-state index is -0.0750. The highest BCUT2D eigenvalue weighted by molar-refractivity contribution is 5.85. The first-order valence-corrected chi connectivity index (χ1v) is 6.36. The summed E-state index contributed by atoms with van der Waals surface area (Å²) in [6, 6.07) is 20.8. The zero-order valence-corrected chi connectivity index (χ0v) is 10.5. The van der Waals surface area contributed by atoms with E-state index in [1.54, 1.807) is 6.92 Å². The zero-order valence-electron chi connectivity index (χ0n) is 10.5. The standard InChI is InChI=1S/C17H16O/c1-13(18)16-12-17(16,14-8-4-2-5-9-14)15-10-6-3-7-11-15/h2-11,16H,12H2,1H3/t16-/m0/s1. The number of Topliss-reactive ketones (excluding diaryl/α,β-unsaturated/α-hetero) is 1. The summed E-state index contributed by atoms with van der Waals surface area (Å²) in [5.41, 5.74) is 2.45. The topological polar surface area (TPSA) is 17.1 Å². The molecule has 3 rings (SSSR count). The summed E-state index contributed by atoms with van der Waals surface area (Å²) in [4.78, 5) is 11.8. The Labute approximate surface area is 107 Å². The number of ketones is 1. The van der Waals surface area contributed by atoms with Gasteiger partial charge in [0.05, 0.1) is 0 Å². The minimum Gasteiger partial charge on any atom is -0.300 e. The van der Waals surface area contributed by atoms with Gasteiger partial charge in [0, 0.05) is 11.3 Å². The molecule has 0 aliphatic heterocycles. The number of hydrogen-bond acceptors (Lipinski definition) is 1. The summed E-state index contributed by atoms with van der Waals surface area (Å²) < 4.78 is 0. The van der Waals surface area contributed by atoms with Crippen molar-refractivity contribution in [2.45, 2.75) is 18.8 Å². The van der Waals surface area contributed by atoms with Crippen LogP contribution >= 0.6 is 0 Å². The first-order valence-electron chi connectivity index (χ1n) is 6.36. The molecule has 0 spiro atoms. The van der Waals surface area contributed by atoms with Gasteiger partial charge in [-0.3, -0.25) is 4.79 Å². The number of rotatable bonds is 3. The van der Waals surface area contributed by atoms with Crippen molar-refractivity contribution in [2.75, 3.05) is 0 Å². The Morgan fingerprint density at radius 1 is 0.944 bits per heavy atom. The smallest absolute Gasteiger partial charge is 0.134 e. The van der Waals surface area contributed by atoms with Crippen LogP contribution in [0.1, 0.15) is 24.5 Å². The van der Waals surface area contributed by atoms with E-state index in [2.05, 4.69) is 48.5 Å². The van der Waals surface area contributed by atoms with Gasteiger partial charge in [-0.1, -0.05) is 60.7 Å². The van der Waals surface area contributed by atoms with Gasteiger partial charge < -0.3 is 0 Å². The molecule has 0 unspecified atom stereocenters. The van der Waals surface area contributed by atoms with E-state index < -0.39 is 0 Å². The lowest BCUT2D eigenvalue weighted by Crippen LogP contribution is -2.15. The summed E-state index contributed by atoms with van der Waals surface area (Å²) in [6.45, 7) is 1.71. The van der Waals surface area contributed by atoms with Crippen molar-refractivity contribution in [3.05, 3.63) is 71.8 Å². The van der Waals surface area contributed by atoms with Crippen LogP contribution in [0.4, 0.5) is 0 Å². The molecule has 2 aromatic rings. The fourth-order valence-corrected chi connectivity index (χ4v) is 3.03. The van der Waals surface area contributed by atoms with Gasteiger partial charge in [-0.2, -0.15) is 0 Å². The van der Waals surface area contributed by atoms with Crippen molar-refractivity contribution in [2.24, 2.45) is 5.92 Å². The Morgan fingerprint density at radius 2 is 1.39 bits per heavy atom. The van der Waals surface area contributed by atoms with Gasteiger partial charge >= 0.3 is 0 Å². The molecule has 0 bridgehead atoms. The van der Waals surface area contributed by atoms with E-state index in [-0.39, 0.29) is 11.3 Å². The Bertz CT molecular complexity index is 517. The van der Waals surface area contributed by atoms with Crippen LogP contribution in [0, 0.1) is 5.92 Å². The highest BCUT2D eigenvalue weighted by Gasteiger charge is 2.58. The van der Waals surface area contributed by atoms with Crippen LogP contribution in [0.15, 0.2) is 60.7 Å². The number of hydrogen-bond donors (Lipinski definition) is 0. The summed E-state index contributed by atoms with van der Waals surface area (Å²) in [5.74, 6) is 0.435. The average molecular weight is 236 g/mol. The highest BCUT2D eigenvalue weighted by atomic mass is 16.1. The molecule has 0 heterocycles. The highest BCUT2D eigenvalue weighted by Crippen LogP contribution is 2.59. The number of carbonyl (C=O) groups is 1. The van der Waals surface area contributed by atoms with Crippen LogP contribution in [-0.2, 0) is 10.2 Å². The second-order valence-electron chi connectivity index (χ2n) is 5.07. The van der Waals surface area contributed by atoms with Crippen LogP contribution in [-0.4, -0.2) is 5.78 Å². The molecule has 1 aliphatic rings. The lowest BCUT2D eigenvalue weighted by Gasteiger charge is -2.18. The van der Waals surface area contributed by atoms with E-state index in [0.717, 1.165) is 6.42 Å². The molecule has 1 saturated carbocycles. The van der Waals surface area contributed by atoms with Crippen LogP contribution in [0.5, 0.6) is 0 Å².